The molecule has 0 aliphatic heterocycles. The van der Waals surface area contributed by atoms with Crippen LogP contribution in [-0.4, -0.2) is 16.9 Å². The lowest BCUT2D eigenvalue weighted by atomic mass is 10.0. The summed E-state index contributed by atoms with van der Waals surface area (Å²) >= 11 is 0. The van der Waals surface area contributed by atoms with Gasteiger partial charge in [0.2, 0.25) is 0 Å². The average Bonchev–Trinajstić information content (AvgIpc) is 2.70. The highest BCUT2D eigenvalue weighted by atomic mass is 16.4. The Morgan fingerprint density at radius 2 is 0.724 bits per heavy atom. The van der Waals surface area contributed by atoms with Crippen molar-refractivity contribution in [3.05, 3.63) is 0 Å². The number of Topliss-reactive ketones (excluding diaryl/α,β-unsaturated/α-hetero) is 1. The van der Waals surface area contributed by atoms with Crippen LogP contribution in [0.5, 0.6) is 0 Å². The maximum absolute atomic E-state index is 11.9. The molecular weight excluding hydrogens is 360 g/mol. The first-order valence-electron chi connectivity index (χ1n) is 12.9. The quantitative estimate of drug-likeness (QED) is 0.162. The molecule has 0 heterocycles. The molecule has 29 heavy (non-hydrogen) atoms. The van der Waals surface area contributed by atoms with Gasteiger partial charge < -0.3 is 5.11 Å². The van der Waals surface area contributed by atoms with Gasteiger partial charge in [0.15, 0.2) is 0 Å². The van der Waals surface area contributed by atoms with Crippen LogP contribution in [0.2, 0.25) is 0 Å². The molecule has 0 fully saturated rings. The van der Waals surface area contributed by atoms with Crippen LogP contribution >= 0.6 is 0 Å². The van der Waals surface area contributed by atoms with Crippen molar-refractivity contribution in [2.45, 2.75) is 155 Å². The fourth-order valence-corrected chi connectivity index (χ4v) is 3.95. The lowest BCUT2D eigenvalue weighted by Gasteiger charge is -2.04. The zero-order valence-corrected chi connectivity index (χ0v) is 19.5. The summed E-state index contributed by atoms with van der Waals surface area (Å²) < 4.78 is 0. The number of unbranched alkanes of at least 4 members (excludes halogenated alkanes) is 18. The molecule has 0 spiro atoms. The molecule has 0 aliphatic carbocycles. The minimum atomic E-state index is -0.667. The van der Waals surface area contributed by atoms with Gasteiger partial charge >= 0.3 is 5.97 Å². The van der Waals surface area contributed by atoms with E-state index < -0.39 is 5.97 Å². The summed E-state index contributed by atoms with van der Waals surface area (Å²) in [5.41, 5.74) is 0. The Morgan fingerprint density at radius 3 is 1.03 bits per heavy atom. The Balaban J connectivity index is 3.14. The number of carbonyl (C=O) groups is 2. The van der Waals surface area contributed by atoms with Crippen LogP contribution in [0.25, 0.3) is 0 Å². The average molecular weight is 411 g/mol. The van der Waals surface area contributed by atoms with Gasteiger partial charge in [-0.05, 0) is 19.3 Å². The highest BCUT2D eigenvalue weighted by Crippen LogP contribution is 2.14. The second kappa shape index (κ2) is 23.4. The van der Waals surface area contributed by atoms with Crippen molar-refractivity contribution in [1.82, 2.24) is 0 Å². The first kappa shape index (κ1) is 28.1. The Bertz CT molecular complexity index is 365. The smallest absolute Gasteiger partial charge is 0.303 e. The van der Waals surface area contributed by atoms with Crippen molar-refractivity contribution < 1.29 is 14.7 Å². The Morgan fingerprint density at radius 1 is 0.448 bits per heavy atom. The van der Waals surface area contributed by atoms with E-state index in [2.05, 4.69) is 6.92 Å². The molecule has 0 rings (SSSR count). The van der Waals surface area contributed by atoms with Crippen molar-refractivity contribution in [3.63, 3.8) is 0 Å². The van der Waals surface area contributed by atoms with Crippen LogP contribution in [0.15, 0.2) is 0 Å². The van der Waals surface area contributed by atoms with Gasteiger partial charge in [-0.1, -0.05) is 116 Å². The third kappa shape index (κ3) is 25.1. The van der Waals surface area contributed by atoms with Crippen molar-refractivity contribution in [2.75, 3.05) is 0 Å². The number of aliphatic carboxylic acids is 1. The van der Waals surface area contributed by atoms with E-state index in [1.807, 2.05) is 0 Å². The van der Waals surface area contributed by atoms with Crippen molar-refractivity contribution in [3.8, 4) is 0 Å². The number of ketones is 1. The molecule has 0 atom stereocenters. The number of carbonyl (C=O) groups excluding carboxylic acids is 1. The summed E-state index contributed by atoms with van der Waals surface area (Å²) in [6.45, 7) is 2.25. The fraction of sp³-hybridized carbons (Fsp3) is 0.923. The maximum atomic E-state index is 11.9. The lowest BCUT2D eigenvalue weighted by molar-refractivity contribution is -0.137. The second-order valence-corrected chi connectivity index (χ2v) is 8.90. The van der Waals surface area contributed by atoms with E-state index >= 15 is 0 Å². The van der Waals surface area contributed by atoms with Gasteiger partial charge in [0.25, 0.3) is 0 Å². The zero-order valence-electron chi connectivity index (χ0n) is 19.5. The van der Waals surface area contributed by atoms with Crippen LogP contribution in [0.4, 0.5) is 0 Å². The largest absolute Gasteiger partial charge is 0.481 e. The molecule has 0 amide bonds. The zero-order chi connectivity index (χ0) is 21.4. The molecule has 172 valence electrons. The second-order valence-electron chi connectivity index (χ2n) is 8.90. The van der Waals surface area contributed by atoms with Gasteiger partial charge in [-0.15, -0.1) is 0 Å². The van der Waals surface area contributed by atoms with E-state index in [9.17, 15) is 9.59 Å². The molecule has 0 unspecified atom stereocenters. The van der Waals surface area contributed by atoms with Crippen molar-refractivity contribution in [1.29, 1.82) is 0 Å². The molecule has 0 saturated carbocycles. The minimum Gasteiger partial charge on any atom is -0.481 e. The summed E-state index contributed by atoms with van der Waals surface area (Å²) in [5.74, 6) is -0.179. The first-order chi connectivity index (χ1) is 14.2. The van der Waals surface area contributed by atoms with Gasteiger partial charge in [-0.3, -0.25) is 9.59 Å². The lowest BCUT2D eigenvalue weighted by Crippen LogP contribution is -1.97. The number of rotatable bonds is 24. The normalized spacial score (nSPS) is 11.1. The van der Waals surface area contributed by atoms with Gasteiger partial charge in [0, 0.05) is 19.3 Å². The van der Waals surface area contributed by atoms with Gasteiger partial charge in [-0.25, -0.2) is 0 Å². The molecular formula is C26H50O3. The molecule has 3 heteroatoms. The molecule has 1 N–H and O–H groups in total. The van der Waals surface area contributed by atoms with Crippen LogP contribution < -0.4 is 0 Å². The number of hydrogen-bond acceptors (Lipinski definition) is 2. The molecule has 0 bridgehead atoms. The highest BCUT2D eigenvalue weighted by molar-refractivity contribution is 5.78. The van der Waals surface area contributed by atoms with E-state index in [-0.39, 0.29) is 0 Å². The van der Waals surface area contributed by atoms with Crippen molar-refractivity contribution in [2.24, 2.45) is 0 Å². The minimum absolute atomic E-state index is 0.327. The summed E-state index contributed by atoms with van der Waals surface area (Å²) in [5, 5.41) is 8.58. The molecule has 0 radical (unpaired) electrons. The molecule has 0 saturated heterocycles. The Kier molecular flexibility index (Phi) is 22.7. The van der Waals surface area contributed by atoms with E-state index in [1.54, 1.807) is 0 Å². The third-order valence-electron chi connectivity index (χ3n) is 5.91. The molecule has 0 aromatic heterocycles. The van der Waals surface area contributed by atoms with E-state index in [0.717, 1.165) is 38.5 Å². The Labute approximate surface area is 181 Å². The van der Waals surface area contributed by atoms with Crippen LogP contribution in [0.1, 0.15) is 155 Å². The summed E-state index contributed by atoms with van der Waals surface area (Å²) in [6, 6.07) is 0. The predicted molar refractivity (Wildman–Crippen MR) is 125 cm³/mol. The predicted octanol–water partition coefficient (Wildman–Crippen LogP) is 8.63. The van der Waals surface area contributed by atoms with Gasteiger partial charge in [0.1, 0.15) is 5.78 Å². The summed E-state index contributed by atoms with van der Waals surface area (Å²) in [6.07, 6.45) is 26.9. The summed E-state index contributed by atoms with van der Waals surface area (Å²) in [4.78, 5) is 22.3. The molecule has 0 aliphatic rings. The topological polar surface area (TPSA) is 54.4 Å². The fourth-order valence-electron chi connectivity index (χ4n) is 3.95. The van der Waals surface area contributed by atoms with Crippen LogP contribution in [-0.2, 0) is 9.59 Å². The monoisotopic (exact) mass is 410 g/mol. The van der Waals surface area contributed by atoms with Crippen molar-refractivity contribution >= 4 is 11.8 Å². The highest BCUT2D eigenvalue weighted by Gasteiger charge is 2.02. The van der Waals surface area contributed by atoms with Crippen LogP contribution in [0, 0.1) is 0 Å². The third-order valence-corrected chi connectivity index (χ3v) is 5.91. The SMILES string of the molecule is CCCCCCCCCC(=O)CCCCCCCCCCCCCCCC(=O)O. The van der Waals surface area contributed by atoms with E-state index in [1.165, 1.54) is 103 Å². The molecule has 3 nitrogen and oxygen atoms in total. The summed E-state index contributed by atoms with van der Waals surface area (Å²) in [7, 11) is 0. The Hall–Kier alpha value is -0.860. The first-order valence-corrected chi connectivity index (χ1v) is 12.9. The standard InChI is InChI=1S/C26H50O3/c1-2-3-4-5-13-16-19-22-25(27)23-20-17-14-11-9-7-6-8-10-12-15-18-21-24-26(28)29/h2-24H2,1H3,(H,28,29). The molecule has 0 aromatic rings. The van der Waals surface area contributed by atoms with Gasteiger partial charge in [-0.2, -0.15) is 0 Å². The van der Waals surface area contributed by atoms with Gasteiger partial charge in [0.05, 0.1) is 0 Å². The van der Waals surface area contributed by atoms with E-state index in [4.69, 9.17) is 5.11 Å². The number of carboxylic acids is 1. The number of hydrogen-bond donors (Lipinski definition) is 1. The molecule has 0 aromatic carbocycles. The maximum Gasteiger partial charge on any atom is 0.303 e. The van der Waals surface area contributed by atoms with Crippen LogP contribution in [0.3, 0.4) is 0 Å². The van der Waals surface area contributed by atoms with E-state index in [0.29, 0.717) is 12.2 Å². The number of carboxylic acid groups (broad SMARTS) is 1.